The van der Waals surface area contributed by atoms with Crippen LogP contribution in [0.4, 0.5) is 9.59 Å². The Kier molecular flexibility index (Phi) is 5.25. The minimum absolute atomic E-state index is 0.0582. The molecule has 0 aromatic carbocycles. The molecule has 2 N–H and O–H groups in total. The zero-order chi connectivity index (χ0) is 10.3. The van der Waals surface area contributed by atoms with Crippen molar-refractivity contribution in [3.05, 3.63) is 0 Å². The van der Waals surface area contributed by atoms with Gasteiger partial charge in [0.05, 0.1) is 0 Å². The molecule has 13 heavy (non-hydrogen) atoms. The minimum atomic E-state index is -0.894. The van der Waals surface area contributed by atoms with Gasteiger partial charge in [-0.25, -0.2) is 9.59 Å². The van der Waals surface area contributed by atoms with Gasteiger partial charge in [-0.3, -0.25) is 0 Å². The molecule has 0 radical (unpaired) electrons. The second kappa shape index (κ2) is 5.99. The van der Waals surface area contributed by atoms with Crippen molar-refractivity contribution >= 4 is 18.9 Å². The number of rotatable bonds is 4. The van der Waals surface area contributed by atoms with E-state index in [1.807, 2.05) is 0 Å². The van der Waals surface area contributed by atoms with Crippen LogP contribution in [-0.2, 0) is 9.47 Å². The van der Waals surface area contributed by atoms with Crippen molar-refractivity contribution in [1.29, 1.82) is 0 Å². The van der Waals surface area contributed by atoms with E-state index in [1.54, 1.807) is 6.92 Å². The Morgan fingerprint density at radius 1 is 1.62 bits per heavy atom. The average Bonchev–Trinajstić information content (AvgIpc) is 2.10. The fraction of sp³-hybridized carbons (Fsp3) is 0.571. The van der Waals surface area contributed by atoms with Crippen molar-refractivity contribution in [3.63, 3.8) is 0 Å². The Morgan fingerprint density at radius 2 is 2.23 bits per heavy atom. The van der Waals surface area contributed by atoms with Crippen LogP contribution < -0.4 is 5.73 Å². The highest BCUT2D eigenvalue weighted by Gasteiger charge is 2.12. The van der Waals surface area contributed by atoms with Crippen LogP contribution in [0.2, 0.25) is 0 Å². The van der Waals surface area contributed by atoms with Crippen LogP contribution in [0.5, 0.6) is 0 Å². The van der Waals surface area contributed by atoms with Crippen molar-refractivity contribution in [2.24, 2.45) is 10.7 Å². The predicted molar refractivity (Wildman–Crippen MR) is 45.6 cm³/mol. The van der Waals surface area contributed by atoms with Crippen LogP contribution in [-0.4, -0.2) is 31.6 Å². The molecular formula is C7H12N2O4. The quantitative estimate of drug-likeness (QED) is 0.657. The number of nitrogens with zero attached hydrogens (tertiary/aromatic N) is 1. The molecule has 0 spiro atoms. The van der Waals surface area contributed by atoms with Gasteiger partial charge < -0.3 is 15.2 Å². The summed E-state index contributed by atoms with van der Waals surface area (Å²) < 4.78 is 9.14. The minimum Gasteiger partial charge on any atom is -0.444 e. The molecule has 0 aromatic rings. The number of aliphatic imine (C=N–C) groups is 1. The lowest BCUT2D eigenvalue weighted by Crippen LogP contribution is -2.26. The predicted octanol–water partition coefficient (Wildman–Crippen LogP) is 0.698. The first-order chi connectivity index (χ1) is 6.10. The third-order valence-electron chi connectivity index (χ3n) is 1.26. The molecule has 0 aromatic heterocycles. The van der Waals surface area contributed by atoms with E-state index in [4.69, 9.17) is 5.73 Å². The first-order valence-electron chi connectivity index (χ1n) is 3.69. The van der Waals surface area contributed by atoms with Crippen LogP contribution in [0.25, 0.3) is 0 Å². The van der Waals surface area contributed by atoms with Crippen molar-refractivity contribution in [3.8, 4) is 0 Å². The maximum absolute atomic E-state index is 10.5. The van der Waals surface area contributed by atoms with Crippen molar-refractivity contribution in [2.75, 3.05) is 6.61 Å². The highest BCUT2D eigenvalue weighted by molar-refractivity contribution is 5.72. The second-order valence-corrected chi connectivity index (χ2v) is 2.20. The van der Waals surface area contributed by atoms with Crippen LogP contribution >= 0.6 is 0 Å². The molecule has 2 amide bonds. The summed E-state index contributed by atoms with van der Waals surface area (Å²) in [6.07, 6.45) is -1.71. The van der Waals surface area contributed by atoms with Gasteiger partial charge in [0.1, 0.15) is 12.7 Å². The van der Waals surface area contributed by atoms with E-state index >= 15 is 0 Å². The maximum atomic E-state index is 10.5. The topological polar surface area (TPSA) is 91.0 Å². The van der Waals surface area contributed by atoms with Crippen molar-refractivity contribution in [2.45, 2.75) is 19.4 Å². The average molecular weight is 188 g/mol. The van der Waals surface area contributed by atoms with Gasteiger partial charge >= 0.3 is 12.2 Å². The summed E-state index contributed by atoms with van der Waals surface area (Å²) in [6, 6.07) is 0. The van der Waals surface area contributed by atoms with E-state index in [1.165, 1.54) is 0 Å². The molecule has 0 saturated heterocycles. The lowest BCUT2D eigenvalue weighted by atomic mass is 10.3. The molecule has 1 atom stereocenters. The highest BCUT2D eigenvalue weighted by Crippen LogP contribution is 1.99. The lowest BCUT2D eigenvalue weighted by molar-refractivity contribution is 0.0502. The second-order valence-electron chi connectivity index (χ2n) is 2.20. The Morgan fingerprint density at radius 3 is 2.62 bits per heavy atom. The molecule has 0 rings (SSSR count). The van der Waals surface area contributed by atoms with Crippen LogP contribution in [0.15, 0.2) is 4.99 Å². The number of amides is 2. The largest absolute Gasteiger partial charge is 0.444 e. The van der Waals surface area contributed by atoms with Crippen molar-refractivity contribution < 1.29 is 19.1 Å². The summed E-state index contributed by atoms with van der Waals surface area (Å²) in [4.78, 5) is 23.8. The molecule has 6 heteroatoms. The van der Waals surface area contributed by atoms with Gasteiger partial charge in [0.15, 0.2) is 0 Å². The van der Waals surface area contributed by atoms with Crippen molar-refractivity contribution in [1.82, 2.24) is 0 Å². The molecule has 6 nitrogen and oxygen atoms in total. The number of ether oxygens (including phenoxy) is 2. The summed E-state index contributed by atoms with van der Waals surface area (Å²) >= 11 is 0. The first kappa shape index (κ1) is 11.4. The zero-order valence-electron chi connectivity index (χ0n) is 7.36. The molecule has 0 aliphatic carbocycles. The standard InChI is InChI=1S/C7H12N2O4/c1-3-5(13-6(8)10)4-12-7(11)9-2/h5H,2-4H2,1H3,(H2,8,10). The molecule has 74 valence electrons. The van der Waals surface area contributed by atoms with Gasteiger partial charge in [0.2, 0.25) is 0 Å². The van der Waals surface area contributed by atoms with Crippen LogP contribution in [0.3, 0.4) is 0 Å². The Balaban J connectivity index is 3.77. The molecule has 0 aliphatic rings. The Hall–Kier alpha value is -1.59. The number of carbonyl (C=O) groups excluding carboxylic acids is 2. The first-order valence-corrected chi connectivity index (χ1v) is 3.69. The van der Waals surface area contributed by atoms with Crippen LogP contribution in [0, 0.1) is 0 Å². The normalized spacial score (nSPS) is 11.5. The summed E-state index contributed by atoms with van der Waals surface area (Å²) in [7, 11) is 0. The van der Waals surface area contributed by atoms with E-state index in [-0.39, 0.29) is 6.61 Å². The third-order valence-corrected chi connectivity index (χ3v) is 1.26. The molecule has 0 bridgehead atoms. The monoisotopic (exact) mass is 188 g/mol. The number of primary amides is 1. The molecule has 0 fully saturated rings. The van der Waals surface area contributed by atoms with Crippen LogP contribution in [0.1, 0.15) is 13.3 Å². The van der Waals surface area contributed by atoms with Gasteiger partial charge in [0, 0.05) is 0 Å². The smallest absolute Gasteiger partial charge is 0.433 e. The van der Waals surface area contributed by atoms with E-state index < -0.39 is 18.3 Å². The lowest BCUT2D eigenvalue weighted by Gasteiger charge is -2.13. The summed E-state index contributed by atoms with van der Waals surface area (Å²) in [5.74, 6) is 0. The fourth-order valence-corrected chi connectivity index (χ4v) is 0.609. The molecule has 0 aliphatic heterocycles. The van der Waals surface area contributed by atoms with E-state index in [0.29, 0.717) is 6.42 Å². The summed E-state index contributed by atoms with van der Waals surface area (Å²) in [6.45, 7) is 4.68. The maximum Gasteiger partial charge on any atom is 0.433 e. The number of hydrogen-bond donors (Lipinski definition) is 1. The van der Waals surface area contributed by atoms with Gasteiger partial charge in [-0.2, -0.15) is 4.99 Å². The SMILES string of the molecule is C=NC(=O)OCC(CC)OC(N)=O. The number of hydrogen-bond acceptors (Lipinski definition) is 4. The van der Waals surface area contributed by atoms with Gasteiger partial charge in [0.25, 0.3) is 0 Å². The zero-order valence-corrected chi connectivity index (χ0v) is 7.36. The molecule has 1 unspecified atom stereocenters. The summed E-state index contributed by atoms with van der Waals surface area (Å²) in [5, 5.41) is 0. The molecule has 0 saturated carbocycles. The summed E-state index contributed by atoms with van der Waals surface area (Å²) in [5.41, 5.74) is 4.77. The molecular weight excluding hydrogens is 176 g/mol. The third kappa shape index (κ3) is 5.66. The Labute approximate surface area is 75.7 Å². The molecule has 0 heterocycles. The fourth-order valence-electron chi connectivity index (χ4n) is 0.609. The number of carbonyl (C=O) groups is 2. The van der Waals surface area contributed by atoms with E-state index in [0.717, 1.165) is 0 Å². The number of nitrogens with two attached hydrogens (primary N) is 1. The van der Waals surface area contributed by atoms with Gasteiger partial charge in [-0.1, -0.05) is 6.92 Å². The highest BCUT2D eigenvalue weighted by atomic mass is 16.6. The van der Waals surface area contributed by atoms with E-state index in [2.05, 4.69) is 21.2 Å². The Bertz CT molecular complexity index is 205. The van der Waals surface area contributed by atoms with E-state index in [9.17, 15) is 9.59 Å². The van der Waals surface area contributed by atoms with Gasteiger partial charge in [-0.05, 0) is 13.1 Å². The van der Waals surface area contributed by atoms with Gasteiger partial charge in [-0.15, -0.1) is 0 Å².